The summed E-state index contributed by atoms with van der Waals surface area (Å²) < 4.78 is 22.4. The highest BCUT2D eigenvalue weighted by Crippen LogP contribution is 2.16. The number of carboxylic acid groups (broad SMARTS) is 1. The van der Waals surface area contributed by atoms with Crippen molar-refractivity contribution in [3.8, 4) is 0 Å². The van der Waals surface area contributed by atoms with E-state index in [9.17, 15) is 18.3 Å². The molecule has 0 radical (unpaired) electrons. The van der Waals surface area contributed by atoms with Crippen LogP contribution >= 0.6 is 0 Å². The van der Waals surface area contributed by atoms with Crippen molar-refractivity contribution < 1.29 is 23.4 Å². The molecular formula is C11H14O5S. The maximum absolute atomic E-state index is 11.2. The van der Waals surface area contributed by atoms with Crippen molar-refractivity contribution in [2.75, 3.05) is 6.26 Å². The SMILES string of the molecule is CC(O)(Cc1ccc(S(C)(=O)=O)cc1)C(=O)O. The molecule has 6 heteroatoms. The molecule has 94 valence electrons. The van der Waals surface area contributed by atoms with Gasteiger partial charge in [-0.3, -0.25) is 0 Å². The molecule has 1 rings (SSSR count). The van der Waals surface area contributed by atoms with Gasteiger partial charge in [0.25, 0.3) is 0 Å². The van der Waals surface area contributed by atoms with Gasteiger partial charge in [0.15, 0.2) is 15.4 Å². The molecule has 0 saturated heterocycles. The average molecular weight is 258 g/mol. The lowest BCUT2D eigenvalue weighted by molar-refractivity contribution is -0.156. The standard InChI is InChI=1S/C11H14O5S/c1-11(14,10(12)13)7-8-3-5-9(6-4-8)17(2,15)16/h3-6,14H,7H2,1-2H3,(H,12,13). The third kappa shape index (κ3) is 3.54. The minimum absolute atomic E-state index is 0.0770. The molecule has 0 aliphatic rings. The fourth-order valence-electron chi connectivity index (χ4n) is 1.33. The Labute approximate surface area is 99.6 Å². The van der Waals surface area contributed by atoms with E-state index in [1.54, 1.807) is 0 Å². The van der Waals surface area contributed by atoms with E-state index < -0.39 is 21.4 Å². The van der Waals surface area contributed by atoms with Gasteiger partial charge in [0.1, 0.15) is 0 Å². The van der Waals surface area contributed by atoms with E-state index in [2.05, 4.69) is 0 Å². The van der Waals surface area contributed by atoms with Gasteiger partial charge < -0.3 is 10.2 Å². The van der Waals surface area contributed by atoms with E-state index in [0.29, 0.717) is 5.56 Å². The van der Waals surface area contributed by atoms with Crippen molar-refractivity contribution in [2.24, 2.45) is 0 Å². The highest BCUT2D eigenvalue weighted by Gasteiger charge is 2.29. The van der Waals surface area contributed by atoms with Crippen molar-refractivity contribution in [3.05, 3.63) is 29.8 Å². The molecule has 1 aromatic carbocycles. The maximum atomic E-state index is 11.2. The Balaban J connectivity index is 2.94. The van der Waals surface area contributed by atoms with Crippen LogP contribution in [0.25, 0.3) is 0 Å². The van der Waals surface area contributed by atoms with Crippen LogP contribution < -0.4 is 0 Å². The summed E-state index contributed by atoms with van der Waals surface area (Å²) in [6, 6.07) is 5.77. The number of aliphatic carboxylic acids is 1. The smallest absolute Gasteiger partial charge is 0.335 e. The largest absolute Gasteiger partial charge is 0.479 e. The fraction of sp³-hybridized carbons (Fsp3) is 0.364. The zero-order valence-electron chi connectivity index (χ0n) is 9.54. The lowest BCUT2D eigenvalue weighted by Crippen LogP contribution is -2.37. The second kappa shape index (κ2) is 4.46. The first-order valence-corrected chi connectivity index (χ1v) is 6.77. The van der Waals surface area contributed by atoms with E-state index in [4.69, 9.17) is 5.11 Å². The maximum Gasteiger partial charge on any atom is 0.335 e. The number of aliphatic hydroxyl groups is 1. The summed E-state index contributed by atoms with van der Waals surface area (Å²) in [7, 11) is -3.26. The Kier molecular flexibility index (Phi) is 3.59. The van der Waals surface area contributed by atoms with Crippen LogP contribution in [0.4, 0.5) is 0 Å². The Morgan fingerprint density at radius 3 is 2.12 bits per heavy atom. The van der Waals surface area contributed by atoms with Crippen molar-refractivity contribution in [1.82, 2.24) is 0 Å². The summed E-state index contributed by atoms with van der Waals surface area (Å²) in [4.78, 5) is 10.9. The predicted molar refractivity (Wildman–Crippen MR) is 61.5 cm³/mol. The molecular weight excluding hydrogens is 244 g/mol. The first-order chi connectivity index (χ1) is 7.63. The van der Waals surface area contributed by atoms with Crippen LogP contribution in [-0.4, -0.2) is 36.5 Å². The topological polar surface area (TPSA) is 91.7 Å². The third-order valence-electron chi connectivity index (χ3n) is 2.36. The Morgan fingerprint density at radius 2 is 1.76 bits per heavy atom. The highest BCUT2D eigenvalue weighted by atomic mass is 32.2. The predicted octanol–water partition coefficient (Wildman–Crippen LogP) is 0.468. The molecule has 5 nitrogen and oxygen atoms in total. The van der Waals surface area contributed by atoms with Gasteiger partial charge in [0.05, 0.1) is 4.90 Å². The number of sulfone groups is 1. The molecule has 0 aliphatic heterocycles. The zero-order chi connectivity index (χ0) is 13.3. The van der Waals surface area contributed by atoms with Crippen molar-refractivity contribution >= 4 is 15.8 Å². The molecule has 1 atom stereocenters. The number of carbonyl (C=O) groups is 1. The normalized spacial score (nSPS) is 15.2. The summed E-state index contributed by atoms with van der Waals surface area (Å²) in [6.45, 7) is 1.19. The second-order valence-corrected chi connectivity index (χ2v) is 6.19. The third-order valence-corrected chi connectivity index (χ3v) is 3.49. The number of benzene rings is 1. The Hall–Kier alpha value is -1.40. The van der Waals surface area contributed by atoms with Crippen molar-refractivity contribution in [2.45, 2.75) is 23.8 Å². The molecule has 17 heavy (non-hydrogen) atoms. The van der Waals surface area contributed by atoms with E-state index in [0.717, 1.165) is 6.26 Å². The van der Waals surface area contributed by atoms with Gasteiger partial charge in [-0.2, -0.15) is 0 Å². The van der Waals surface area contributed by atoms with Gasteiger partial charge in [-0.15, -0.1) is 0 Å². The summed E-state index contributed by atoms with van der Waals surface area (Å²) >= 11 is 0. The molecule has 0 fully saturated rings. The summed E-state index contributed by atoms with van der Waals surface area (Å²) in [5.41, 5.74) is -1.29. The molecule has 0 spiro atoms. The highest BCUT2D eigenvalue weighted by molar-refractivity contribution is 7.90. The van der Waals surface area contributed by atoms with Gasteiger partial charge in [-0.05, 0) is 24.6 Å². The number of hydrogen-bond acceptors (Lipinski definition) is 4. The molecule has 0 bridgehead atoms. The molecule has 0 heterocycles. The quantitative estimate of drug-likeness (QED) is 0.819. The Bertz CT molecular complexity index is 513. The molecule has 1 aromatic rings. The minimum Gasteiger partial charge on any atom is -0.479 e. The lowest BCUT2D eigenvalue weighted by atomic mass is 9.97. The van der Waals surface area contributed by atoms with Crippen LogP contribution in [0.1, 0.15) is 12.5 Å². The van der Waals surface area contributed by atoms with Crippen molar-refractivity contribution in [3.63, 3.8) is 0 Å². The van der Waals surface area contributed by atoms with Gasteiger partial charge in [0, 0.05) is 12.7 Å². The van der Waals surface area contributed by atoms with Gasteiger partial charge in [0.2, 0.25) is 0 Å². The molecule has 0 amide bonds. The van der Waals surface area contributed by atoms with E-state index in [-0.39, 0.29) is 11.3 Å². The van der Waals surface area contributed by atoms with Gasteiger partial charge >= 0.3 is 5.97 Å². The lowest BCUT2D eigenvalue weighted by Gasteiger charge is -2.17. The van der Waals surface area contributed by atoms with Gasteiger partial charge in [-0.1, -0.05) is 12.1 Å². The number of rotatable bonds is 4. The van der Waals surface area contributed by atoms with Gasteiger partial charge in [-0.25, -0.2) is 13.2 Å². The summed E-state index contributed by atoms with van der Waals surface area (Å²) in [6.07, 6.45) is 1.02. The number of carboxylic acids is 1. The van der Waals surface area contributed by atoms with E-state index in [1.807, 2.05) is 0 Å². The van der Waals surface area contributed by atoms with Crippen LogP contribution in [0.3, 0.4) is 0 Å². The van der Waals surface area contributed by atoms with Crippen LogP contribution in [0.2, 0.25) is 0 Å². The molecule has 0 saturated carbocycles. The first-order valence-electron chi connectivity index (χ1n) is 4.88. The summed E-state index contributed by atoms with van der Waals surface area (Å²) in [5, 5.41) is 18.3. The van der Waals surface area contributed by atoms with Crippen LogP contribution in [0.5, 0.6) is 0 Å². The second-order valence-electron chi connectivity index (χ2n) is 4.17. The van der Waals surface area contributed by atoms with Crippen LogP contribution in [0.15, 0.2) is 29.2 Å². The molecule has 0 aliphatic carbocycles. The first kappa shape index (κ1) is 13.7. The summed E-state index contributed by atoms with van der Waals surface area (Å²) in [5.74, 6) is -1.32. The molecule has 2 N–H and O–H groups in total. The van der Waals surface area contributed by atoms with Crippen LogP contribution in [-0.2, 0) is 21.1 Å². The van der Waals surface area contributed by atoms with Crippen molar-refractivity contribution in [1.29, 1.82) is 0 Å². The van der Waals surface area contributed by atoms with E-state index in [1.165, 1.54) is 31.2 Å². The fourth-order valence-corrected chi connectivity index (χ4v) is 1.96. The van der Waals surface area contributed by atoms with E-state index >= 15 is 0 Å². The number of hydrogen-bond donors (Lipinski definition) is 2. The average Bonchev–Trinajstić information content (AvgIpc) is 2.16. The monoisotopic (exact) mass is 258 g/mol. The Morgan fingerprint density at radius 1 is 1.29 bits per heavy atom. The zero-order valence-corrected chi connectivity index (χ0v) is 10.4. The molecule has 1 unspecified atom stereocenters. The molecule has 0 aromatic heterocycles. The van der Waals surface area contributed by atoms with Crippen LogP contribution in [0, 0.1) is 0 Å². The minimum atomic E-state index is -3.26.